The fraction of sp³-hybridized carbons (Fsp3) is 0.529. The van der Waals surface area contributed by atoms with Crippen LogP contribution in [0.15, 0.2) is 24.3 Å². The van der Waals surface area contributed by atoms with Gasteiger partial charge in [-0.1, -0.05) is 12.1 Å². The van der Waals surface area contributed by atoms with Gasteiger partial charge in [-0.25, -0.2) is 0 Å². The number of hydrogen-bond donors (Lipinski definition) is 2. The molecule has 23 heavy (non-hydrogen) atoms. The van der Waals surface area contributed by atoms with Crippen LogP contribution in [0.3, 0.4) is 0 Å². The minimum atomic E-state index is -0.609. The zero-order valence-electron chi connectivity index (χ0n) is 13.8. The maximum absolute atomic E-state index is 12.1. The molecule has 0 bridgehead atoms. The van der Waals surface area contributed by atoms with Crippen molar-refractivity contribution in [1.82, 2.24) is 10.6 Å². The minimum absolute atomic E-state index is 0.0208. The SMILES string of the molecule is COc1ccc(CCC2NC(=O)[C@H](COC(C)C)NC2=O)cc1. The van der Waals surface area contributed by atoms with Crippen LogP contribution in [-0.4, -0.2) is 43.7 Å². The lowest BCUT2D eigenvalue weighted by Gasteiger charge is -2.29. The molecule has 2 atom stereocenters. The van der Waals surface area contributed by atoms with Gasteiger partial charge in [0, 0.05) is 0 Å². The summed E-state index contributed by atoms with van der Waals surface area (Å²) >= 11 is 0. The van der Waals surface area contributed by atoms with Gasteiger partial charge in [-0.3, -0.25) is 9.59 Å². The predicted molar refractivity (Wildman–Crippen MR) is 86.3 cm³/mol. The maximum atomic E-state index is 12.1. The first-order chi connectivity index (χ1) is 11.0. The molecule has 1 saturated heterocycles. The van der Waals surface area contributed by atoms with Gasteiger partial charge in [-0.15, -0.1) is 0 Å². The fourth-order valence-corrected chi connectivity index (χ4v) is 2.39. The van der Waals surface area contributed by atoms with Crippen LogP contribution in [0.25, 0.3) is 0 Å². The average molecular weight is 320 g/mol. The number of hydrogen-bond acceptors (Lipinski definition) is 4. The molecule has 6 nitrogen and oxygen atoms in total. The molecule has 1 fully saturated rings. The van der Waals surface area contributed by atoms with E-state index in [1.807, 2.05) is 38.1 Å². The van der Waals surface area contributed by atoms with Gasteiger partial charge < -0.3 is 20.1 Å². The number of carbonyl (C=O) groups is 2. The van der Waals surface area contributed by atoms with E-state index in [1.54, 1.807) is 7.11 Å². The van der Waals surface area contributed by atoms with Crippen molar-refractivity contribution in [2.75, 3.05) is 13.7 Å². The van der Waals surface area contributed by atoms with Crippen LogP contribution in [0, 0.1) is 0 Å². The number of rotatable bonds is 7. The van der Waals surface area contributed by atoms with E-state index >= 15 is 0 Å². The summed E-state index contributed by atoms with van der Waals surface area (Å²) in [6, 6.07) is 6.57. The number of methoxy groups -OCH3 is 1. The van der Waals surface area contributed by atoms with Gasteiger partial charge in [-0.2, -0.15) is 0 Å². The Labute approximate surface area is 136 Å². The van der Waals surface area contributed by atoms with Crippen molar-refractivity contribution in [1.29, 1.82) is 0 Å². The molecule has 6 heteroatoms. The standard InChI is InChI=1S/C17H24N2O4/c1-11(2)23-10-15-17(21)18-14(16(20)19-15)9-6-12-4-7-13(22-3)8-5-12/h4-5,7-8,11,14-15H,6,9-10H2,1-3H3,(H,18,21)(H,19,20)/t14?,15-/m0/s1. The second kappa shape index (κ2) is 7.97. The van der Waals surface area contributed by atoms with Crippen molar-refractivity contribution in [2.45, 2.75) is 44.9 Å². The molecule has 0 spiro atoms. The summed E-state index contributed by atoms with van der Waals surface area (Å²) in [7, 11) is 1.62. The molecule has 1 aliphatic rings. The van der Waals surface area contributed by atoms with Gasteiger partial charge in [-0.05, 0) is 44.4 Å². The lowest BCUT2D eigenvalue weighted by atomic mass is 10.0. The summed E-state index contributed by atoms with van der Waals surface area (Å²) in [6.45, 7) is 3.97. The monoisotopic (exact) mass is 320 g/mol. The molecule has 0 aromatic heterocycles. The molecule has 1 heterocycles. The number of carbonyl (C=O) groups excluding carboxylic acids is 2. The number of amides is 2. The van der Waals surface area contributed by atoms with Crippen LogP contribution in [0.5, 0.6) is 5.75 Å². The first-order valence-corrected chi connectivity index (χ1v) is 7.85. The lowest BCUT2D eigenvalue weighted by Crippen LogP contribution is -2.63. The molecular formula is C17H24N2O4. The summed E-state index contributed by atoms with van der Waals surface area (Å²) in [4.78, 5) is 24.2. The van der Waals surface area contributed by atoms with Crippen molar-refractivity contribution in [3.63, 3.8) is 0 Å². The van der Waals surface area contributed by atoms with Gasteiger partial charge in [0.25, 0.3) is 0 Å². The highest BCUT2D eigenvalue weighted by atomic mass is 16.5. The molecule has 0 aliphatic carbocycles. The Bertz CT molecular complexity index is 542. The molecule has 2 rings (SSSR count). The Kier molecular flexibility index (Phi) is 5.98. The van der Waals surface area contributed by atoms with Crippen molar-refractivity contribution < 1.29 is 19.1 Å². The predicted octanol–water partition coefficient (Wildman–Crippen LogP) is 1.04. The second-order valence-electron chi connectivity index (χ2n) is 5.89. The third-order valence-corrected chi connectivity index (χ3v) is 3.74. The quantitative estimate of drug-likeness (QED) is 0.787. The zero-order valence-corrected chi connectivity index (χ0v) is 13.8. The summed E-state index contributed by atoms with van der Waals surface area (Å²) in [5.74, 6) is 0.450. The number of aryl methyl sites for hydroxylation is 1. The Morgan fingerprint density at radius 1 is 1.04 bits per heavy atom. The highest BCUT2D eigenvalue weighted by molar-refractivity contribution is 5.96. The van der Waals surface area contributed by atoms with Gasteiger partial charge in [0.05, 0.1) is 19.8 Å². The third-order valence-electron chi connectivity index (χ3n) is 3.74. The van der Waals surface area contributed by atoms with Gasteiger partial charge in [0.2, 0.25) is 11.8 Å². The van der Waals surface area contributed by atoms with Crippen molar-refractivity contribution in [3.8, 4) is 5.75 Å². The Morgan fingerprint density at radius 3 is 2.26 bits per heavy atom. The molecule has 1 aromatic carbocycles. The molecule has 0 radical (unpaired) electrons. The average Bonchev–Trinajstić information content (AvgIpc) is 2.54. The molecule has 0 saturated carbocycles. The van der Waals surface area contributed by atoms with Crippen LogP contribution < -0.4 is 15.4 Å². The highest BCUT2D eigenvalue weighted by Crippen LogP contribution is 2.14. The van der Waals surface area contributed by atoms with Gasteiger partial charge in [0.1, 0.15) is 17.8 Å². The lowest BCUT2D eigenvalue weighted by molar-refractivity contribution is -0.138. The minimum Gasteiger partial charge on any atom is -0.497 e. The molecule has 1 aliphatic heterocycles. The van der Waals surface area contributed by atoms with E-state index in [-0.39, 0.29) is 24.5 Å². The van der Waals surface area contributed by atoms with Crippen LogP contribution in [-0.2, 0) is 20.7 Å². The van der Waals surface area contributed by atoms with E-state index < -0.39 is 12.1 Å². The number of ether oxygens (including phenoxy) is 2. The van der Waals surface area contributed by atoms with Crippen molar-refractivity contribution in [3.05, 3.63) is 29.8 Å². The molecule has 1 aromatic rings. The summed E-state index contributed by atoms with van der Waals surface area (Å²) in [6.07, 6.45) is 1.28. The Morgan fingerprint density at radius 2 is 1.65 bits per heavy atom. The van der Waals surface area contributed by atoms with E-state index in [4.69, 9.17) is 9.47 Å². The van der Waals surface area contributed by atoms with Gasteiger partial charge in [0.15, 0.2) is 0 Å². The van der Waals surface area contributed by atoms with E-state index in [0.717, 1.165) is 11.3 Å². The van der Waals surface area contributed by atoms with Crippen LogP contribution in [0.2, 0.25) is 0 Å². The molecule has 126 valence electrons. The number of nitrogens with one attached hydrogen (secondary N) is 2. The molecule has 1 unspecified atom stereocenters. The smallest absolute Gasteiger partial charge is 0.245 e. The molecule has 2 N–H and O–H groups in total. The fourth-order valence-electron chi connectivity index (χ4n) is 2.39. The van der Waals surface area contributed by atoms with E-state index in [0.29, 0.717) is 12.8 Å². The number of piperazine rings is 1. The van der Waals surface area contributed by atoms with Crippen molar-refractivity contribution >= 4 is 11.8 Å². The summed E-state index contributed by atoms with van der Waals surface area (Å²) in [5, 5.41) is 5.51. The van der Waals surface area contributed by atoms with E-state index in [2.05, 4.69) is 10.6 Å². The normalized spacial score (nSPS) is 21.0. The molecular weight excluding hydrogens is 296 g/mol. The maximum Gasteiger partial charge on any atom is 0.245 e. The first-order valence-electron chi connectivity index (χ1n) is 7.85. The largest absolute Gasteiger partial charge is 0.497 e. The van der Waals surface area contributed by atoms with Crippen LogP contribution in [0.1, 0.15) is 25.8 Å². The molecule has 2 amide bonds. The van der Waals surface area contributed by atoms with Crippen LogP contribution in [0.4, 0.5) is 0 Å². The summed E-state index contributed by atoms with van der Waals surface area (Å²) in [5.41, 5.74) is 1.10. The number of benzene rings is 1. The topological polar surface area (TPSA) is 76.7 Å². The first kappa shape index (κ1) is 17.3. The van der Waals surface area contributed by atoms with Crippen molar-refractivity contribution in [2.24, 2.45) is 0 Å². The Hall–Kier alpha value is -2.08. The zero-order chi connectivity index (χ0) is 16.8. The third kappa shape index (κ3) is 4.96. The van der Waals surface area contributed by atoms with E-state index in [1.165, 1.54) is 0 Å². The van der Waals surface area contributed by atoms with Crippen LogP contribution >= 0.6 is 0 Å². The van der Waals surface area contributed by atoms with Gasteiger partial charge >= 0.3 is 0 Å². The Balaban J connectivity index is 1.84. The highest BCUT2D eigenvalue weighted by Gasteiger charge is 2.33. The van der Waals surface area contributed by atoms with E-state index in [9.17, 15) is 9.59 Å². The second-order valence-corrected chi connectivity index (χ2v) is 5.89. The summed E-state index contributed by atoms with van der Waals surface area (Å²) < 4.78 is 10.5.